The van der Waals surface area contributed by atoms with Crippen LogP contribution in [0.3, 0.4) is 0 Å². The lowest BCUT2D eigenvalue weighted by Crippen LogP contribution is -2.47. The normalized spacial score (nSPS) is 11.8. The topological polar surface area (TPSA) is 73.8 Å². The molecule has 3 aromatic rings. The van der Waals surface area contributed by atoms with Crippen molar-refractivity contribution in [2.45, 2.75) is 25.5 Å². The lowest BCUT2D eigenvalue weighted by molar-refractivity contribution is 0.0876. The molecule has 1 unspecified atom stereocenters. The first-order valence-electron chi connectivity index (χ1n) is 11.8. The molecular formula is C28H35N3O3. The minimum Gasteiger partial charge on any atom is -0.508 e. The van der Waals surface area contributed by atoms with Gasteiger partial charge in [-0.2, -0.15) is 0 Å². The summed E-state index contributed by atoms with van der Waals surface area (Å²) >= 11 is 0. The van der Waals surface area contributed by atoms with E-state index in [0.29, 0.717) is 26.3 Å². The van der Waals surface area contributed by atoms with Gasteiger partial charge in [-0.05, 0) is 48.7 Å². The number of amides is 2. The van der Waals surface area contributed by atoms with E-state index in [-0.39, 0.29) is 17.8 Å². The van der Waals surface area contributed by atoms with E-state index in [0.717, 1.165) is 30.5 Å². The Morgan fingerprint density at radius 2 is 1.53 bits per heavy atom. The number of hydrogen-bond acceptors (Lipinski definition) is 4. The van der Waals surface area contributed by atoms with Gasteiger partial charge >= 0.3 is 6.03 Å². The van der Waals surface area contributed by atoms with E-state index in [1.165, 1.54) is 5.56 Å². The number of carbonyl (C=O) groups is 1. The number of aromatic hydroxyl groups is 1. The molecule has 0 radical (unpaired) electrons. The van der Waals surface area contributed by atoms with Crippen molar-refractivity contribution in [2.75, 3.05) is 33.3 Å². The highest BCUT2D eigenvalue weighted by atomic mass is 16.5. The van der Waals surface area contributed by atoms with Crippen molar-refractivity contribution < 1.29 is 14.6 Å². The maximum atomic E-state index is 12.4. The zero-order valence-corrected chi connectivity index (χ0v) is 19.8. The molecule has 0 aliphatic rings. The first-order valence-corrected chi connectivity index (χ1v) is 11.8. The largest absolute Gasteiger partial charge is 0.508 e. The third-order valence-corrected chi connectivity index (χ3v) is 5.77. The van der Waals surface area contributed by atoms with E-state index < -0.39 is 0 Å². The fourth-order valence-electron chi connectivity index (χ4n) is 3.68. The zero-order chi connectivity index (χ0) is 24.0. The fourth-order valence-corrected chi connectivity index (χ4v) is 3.68. The summed E-state index contributed by atoms with van der Waals surface area (Å²) in [6.07, 6.45) is 1.55. The van der Waals surface area contributed by atoms with E-state index in [1.807, 2.05) is 55.6 Å². The Labute approximate surface area is 202 Å². The molecular weight excluding hydrogens is 426 g/mol. The van der Waals surface area contributed by atoms with Crippen LogP contribution in [0.15, 0.2) is 84.9 Å². The van der Waals surface area contributed by atoms with Crippen molar-refractivity contribution in [1.29, 1.82) is 0 Å². The predicted octanol–water partition coefficient (Wildman–Crippen LogP) is 3.99. The number of nitrogens with zero attached hydrogens (tertiary/aromatic N) is 1. The van der Waals surface area contributed by atoms with Crippen LogP contribution in [0, 0.1) is 0 Å². The summed E-state index contributed by atoms with van der Waals surface area (Å²) in [5.41, 5.74) is 3.45. The second-order valence-electron chi connectivity index (χ2n) is 8.42. The van der Waals surface area contributed by atoms with Gasteiger partial charge in [0.2, 0.25) is 0 Å². The molecule has 3 aromatic carbocycles. The van der Waals surface area contributed by atoms with Crippen LogP contribution in [0.4, 0.5) is 4.79 Å². The Bertz CT molecular complexity index is 965. The van der Waals surface area contributed by atoms with Crippen LogP contribution >= 0.6 is 0 Å². The number of rotatable bonds is 13. The molecule has 2 amide bonds. The summed E-state index contributed by atoms with van der Waals surface area (Å²) in [4.78, 5) is 14.6. The molecule has 0 bridgehead atoms. The Hall–Kier alpha value is -3.35. The van der Waals surface area contributed by atoms with Crippen molar-refractivity contribution in [3.63, 3.8) is 0 Å². The maximum absolute atomic E-state index is 12.4. The summed E-state index contributed by atoms with van der Waals surface area (Å²) in [6, 6.07) is 27.4. The second-order valence-corrected chi connectivity index (χ2v) is 8.42. The summed E-state index contributed by atoms with van der Waals surface area (Å²) < 4.78 is 5.85. The molecule has 1 atom stereocenters. The van der Waals surface area contributed by atoms with E-state index in [1.54, 1.807) is 12.1 Å². The van der Waals surface area contributed by atoms with E-state index in [2.05, 4.69) is 39.8 Å². The van der Waals surface area contributed by atoms with E-state index in [9.17, 15) is 9.90 Å². The molecule has 0 aromatic heterocycles. The maximum Gasteiger partial charge on any atom is 0.314 e. The Morgan fingerprint density at radius 1 is 0.882 bits per heavy atom. The number of phenols is 1. The summed E-state index contributed by atoms with van der Waals surface area (Å²) in [7, 11) is 2.05. The average Bonchev–Trinajstić information content (AvgIpc) is 2.86. The number of carbonyl (C=O) groups excluding carboxylic acids is 1. The van der Waals surface area contributed by atoms with Crippen LogP contribution in [0.1, 0.15) is 16.7 Å². The van der Waals surface area contributed by atoms with Crippen LogP contribution < -0.4 is 10.6 Å². The Morgan fingerprint density at radius 3 is 2.21 bits per heavy atom. The third-order valence-electron chi connectivity index (χ3n) is 5.77. The molecule has 0 fully saturated rings. The van der Waals surface area contributed by atoms with Gasteiger partial charge in [0.15, 0.2) is 0 Å². The number of hydrogen-bond donors (Lipinski definition) is 3. The van der Waals surface area contributed by atoms with Gasteiger partial charge in [0.25, 0.3) is 0 Å². The van der Waals surface area contributed by atoms with Gasteiger partial charge < -0.3 is 20.5 Å². The third kappa shape index (κ3) is 9.25. The molecule has 0 saturated heterocycles. The molecule has 0 aliphatic carbocycles. The molecule has 34 heavy (non-hydrogen) atoms. The monoisotopic (exact) mass is 461 g/mol. The van der Waals surface area contributed by atoms with Gasteiger partial charge in [-0.1, -0.05) is 72.8 Å². The number of likely N-dealkylation sites (N-methyl/N-ethyl adjacent to an activating group) is 1. The highest BCUT2D eigenvalue weighted by Crippen LogP contribution is 2.13. The minimum absolute atomic E-state index is 0.0877. The van der Waals surface area contributed by atoms with Gasteiger partial charge in [-0.15, -0.1) is 0 Å². The molecule has 3 N–H and O–H groups in total. The first-order chi connectivity index (χ1) is 16.6. The predicted molar refractivity (Wildman–Crippen MR) is 136 cm³/mol. The Balaban J connectivity index is 1.46. The van der Waals surface area contributed by atoms with Crippen LogP contribution in [-0.4, -0.2) is 55.4 Å². The smallest absolute Gasteiger partial charge is 0.314 e. The van der Waals surface area contributed by atoms with Crippen LogP contribution in [-0.2, 0) is 24.2 Å². The minimum atomic E-state index is -0.166. The standard InChI is InChI=1S/C28H35N3O3/c1-31(18-19-34-22-25-10-6-3-7-11-25)26(20-24-12-14-27(32)15-13-24)21-30-28(33)29-17-16-23-8-4-2-5-9-23/h2-15,26,32H,16-22H2,1H3,(H2,29,30,33). The molecule has 6 heteroatoms. The summed E-state index contributed by atoms with van der Waals surface area (Å²) in [5.74, 6) is 0.249. The van der Waals surface area contributed by atoms with Gasteiger partial charge in [0.05, 0.1) is 13.2 Å². The molecule has 3 rings (SSSR count). The van der Waals surface area contributed by atoms with Crippen LogP contribution in [0.2, 0.25) is 0 Å². The van der Waals surface area contributed by atoms with Crippen LogP contribution in [0.25, 0.3) is 0 Å². The van der Waals surface area contributed by atoms with Crippen molar-refractivity contribution in [1.82, 2.24) is 15.5 Å². The molecule has 0 spiro atoms. The summed E-state index contributed by atoms with van der Waals surface area (Å²) in [6.45, 7) is 3.02. The lowest BCUT2D eigenvalue weighted by atomic mass is 10.0. The van der Waals surface area contributed by atoms with Gasteiger partial charge in [0.1, 0.15) is 5.75 Å². The average molecular weight is 462 g/mol. The van der Waals surface area contributed by atoms with Crippen molar-refractivity contribution in [2.24, 2.45) is 0 Å². The SMILES string of the molecule is CN(CCOCc1ccccc1)C(CNC(=O)NCCc1ccccc1)Cc1ccc(O)cc1. The second kappa shape index (κ2) is 14.0. The van der Waals surface area contributed by atoms with Crippen molar-refractivity contribution >= 4 is 6.03 Å². The number of ether oxygens (including phenoxy) is 1. The number of urea groups is 1. The van der Waals surface area contributed by atoms with Crippen molar-refractivity contribution in [3.05, 3.63) is 102 Å². The molecule has 0 heterocycles. The lowest BCUT2D eigenvalue weighted by Gasteiger charge is -2.28. The first kappa shape index (κ1) is 25.3. The Kier molecular flexibility index (Phi) is 10.4. The molecule has 0 aliphatic heterocycles. The van der Waals surface area contributed by atoms with Gasteiger partial charge in [0, 0.05) is 25.7 Å². The molecule has 6 nitrogen and oxygen atoms in total. The van der Waals surface area contributed by atoms with E-state index in [4.69, 9.17) is 4.74 Å². The summed E-state index contributed by atoms with van der Waals surface area (Å²) in [5, 5.41) is 15.5. The van der Waals surface area contributed by atoms with Gasteiger partial charge in [-0.3, -0.25) is 4.90 Å². The molecule has 180 valence electrons. The van der Waals surface area contributed by atoms with Crippen molar-refractivity contribution in [3.8, 4) is 5.75 Å². The number of nitrogens with one attached hydrogen (secondary N) is 2. The number of benzene rings is 3. The number of phenolic OH excluding ortho intramolecular Hbond substituents is 1. The van der Waals surface area contributed by atoms with E-state index >= 15 is 0 Å². The zero-order valence-electron chi connectivity index (χ0n) is 19.8. The fraction of sp³-hybridized carbons (Fsp3) is 0.321. The molecule has 0 saturated carbocycles. The van der Waals surface area contributed by atoms with Gasteiger partial charge in [-0.25, -0.2) is 4.79 Å². The quantitative estimate of drug-likeness (QED) is 0.337. The highest BCUT2D eigenvalue weighted by Gasteiger charge is 2.17. The van der Waals surface area contributed by atoms with Crippen LogP contribution in [0.5, 0.6) is 5.75 Å². The highest BCUT2D eigenvalue weighted by molar-refractivity contribution is 5.73.